The molecule has 28 atom stereocenters. The van der Waals surface area contributed by atoms with Gasteiger partial charge >= 0.3 is 5.97 Å². The molecule has 9 rings (SSSR count). The molecule has 0 amide bonds. The minimum Gasteiger partial charge on any atom is -0.432 e. The van der Waals surface area contributed by atoms with Gasteiger partial charge in [0.05, 0.1) is 49.7 Å². The fraction of sp³-hybridized carbons (Fsp3) is 0.933. The van der Waals surface area contributed by atoms with Crippen LogP contribution >= 0.6 is 0 Å². The zero-order valence-electron chi connectivity index (χ0n) is 37.6. The van der Waals surface area contributed by atoms with Crippen molar-refractivity contribution in [2.75, 3.05) is 19.8 Å². The number of ether oxygens (including phenoxy) is 7. The molecule has 4 heterocycles. The first-order valence-corrected chi connectivity index (χ1v) is 23.8. The second kappa shape index (κ2) is 18.2. The summed E-state index contributed by atoms with van der Waals surface area (Å²) in [5.74, 6) is -2.39. The number of hydrogen-bond donors (Lipinski definition) is 14. The number of aliphatic hydroxyl groups excluding tert-OH is 14. The molecule has 67 heavy (non-hydrogen) atoms. The number of esters is 1. The highest BCUT2D eigenvalue weighted by Crippen LogP contribution is 2.76. The van der Waals surface area contributed by atoms with Gasteiger partial charge in [0.1, 0.15) is 85.5 Å². The molecule has 0 aromatic rings. The highest BCUT2D eigenvalue weighted by atomic mass is 16.8. The van der Waals surface area contributed by atoms with Crippen molar-refractivity contribution in [3.8, 4) is 0 Å². The topological polar surface area (TPSA) is 365 Å². The smallest absolute Gasteiger partial charge is 0.314 e. The lowest BCUT2D eigenvalue weighted by molar-refractivity contribution is -0.385. The molecule has 0 radical (unpaired) electrons. The van der Waals surface area contributed by atoms with Crippen LogP contribution in [-0.2, 0) is 38.0 Å². The second-order valence-electron chi connectivity index (χ2n) is 21.7. The summed E-state index contributed by atoms with van der Waals surface area (Å²) in [5, 5.41) is 153. The van der Waals surface area contributed by atoms with E-state index in [0.29, 0.717) is 50.5 Å². The number of carbonyl (C=O) groups is 1. The van der Waals surface area contributed by atoms with E-state index in [-0.39, 0.29) is 24.7 Å². The Hall–Kier alpha value is -1.59. The number of fused-ring (bicyclic) bond motifs is 5. The van der Waals surface area contributed by atoms with Gasteiger partial charge in [0.15, 0.2) is 12.6 Å². The minimum absolute atomic E-state index is 0.218. The Bertz CT molecular complexity index is 1820. The van der Waals surface area contributed by atoms with Crippen molar-refractivity contribution < 1.29 is 109 Å². The molecule has 2 spiro atoms. The third-order valence-electron chi connectivity index (χ3n) is 18.4. The van der Waals surface area contributed by atoms with Crippen molar-refractivity contribution in [1.82, 2.24) is 0 Å². The van der Waals surface area contributed by atoms with Crippen molar-refractivity contribution in [3.63, 3.8) is 0 Å². The zero-order valence-corrected chi connectivity index (χ0v) is 37.6. The van der Waals surface area contributed by atoms with Gasteiger partial charge < -0.3 is 105 Å². The van der Waals surface area contributed by atoms with Crippen molar-refractivity contribution >= 4 is 5.97 Å². The van der Waals surface area contributed by atoms with Gasteiger partial charge in [0.2, 0.25) is 6.29 Å². The van der Waals surface area contributed by atoms with E-state index in [1.807, 2.05) is 0 Å². The van der Waals surface area contributed by atoms with E-state index < -0.39 is 182 Å². The van der Waals surface area contributed by atoms with Crippen molar-refractivity contribution in [2.45, 2.75) is 200 Å². The minimum atomic E-state index is -1.93. The van der Waals surface area contributed by atoms with E-state index >= 15 is 0 Å². The second-order valence-corrected chi connectivity index (χ2v) is 21.7. The number of hydrogen-bond acceptors (Lipinski definition) is 22. The summed E-state index contributed by atoms with van der Waals surface area (Å²) in [6.07, 6.45) is -30.5. The maximum atomic E-state index is 14.5. The predicted octanol–water partition coefficient (Wildman–Crippen LogP) is -4.84. The standard InChI is InChI=1S/C45H70O22/c1-16-11-44-8-5-22-42(2,6-4-7-43(22,3)41(60)67-39-34(58)32(56)28(52)20(13-47)63-39)23(44)10-24-45(16,15-44)37(59)17-9-18(26(50)30(54)25(17)49)61-36-35(29(53)21(14-48)64-40(36)65-24)66-38-33(57)31(55)27(51)19(12-46)62-38/h17-40,46-59H,1,4-15H2,2-3H3/t17?,18-,19-,20-,21-,22+,23?,24?,25-,26+,27-,28-,29-,30+,31+,32+,33-,34-,35?,36-,37-,38?,39?,40+,42-,43-,44?,45?/m1/s1. The van der Waals surface area contributed by atoms with Crippen LogP contribution in [0.4, 0.5) is 0 Å². The zero-order chi connectivity index (χ0) is 48.4. The summed E-state index contributed by atoms with van der Waals surface area (Å²) in [5.41, 5.74) is -3.01. The molecule has 9 fully saturated rings. The molecular weight excluding hydrogens is 892 g/mol. The molecule has 22 nitrogen and oxygen atoms in total. The van der Waals surface area contributed by atoms with E-state index in [2.05, 4.69) is 13.5 Å². The molecule has 4 bridgehead atoms. The molecule has 5 aliphatic carbocycles. The van der Waals surface area contributed by atoms with Crippen LogP contribution in [0.3, 0.4) is 0 Å². The summed E-state index contributed by atoms with van der Waals surface area (Å²) >= 11 is 0. The molecule has 5 saturated carbocycles. The largest absolute Gasteiger partial charge is 0.432 e. The molecule has 9 aliphatic rings. The Morgan fingerprint density at radius 3 is 1.90 bits per heavy atom. The lowest BCUT2D eigenvalue weighted by atomic mass is 9.39. The Balaban J connectivity index is 1.08. The lowest BCUT2D eigenvalue weighted by Gasteiger charge is -2.66. The van der Waals surface area contributed by atoms with Crippen LogP contribution in [0.2, 0.25) is 0 Å². The SMILES string of the molecule is C=C1CC23CC[C@@H]4[C@](C)(C(=O)OC5O[C@H](CO)[C@@H](O)[C@H](O)[C@H]5O)CCC[C@@]4(C)C2CC2O[C@@H]4O[C@H](CO)[C@@H](O)C(OC5O[C@H](CO)[C@@H](O)[C@H](O)[C@H]5O)[C@H]4O[C@@H]4CC([C@@H](O)[C@H](O)[C@H]4O)[C@@H](O)C12C3. The third-order valence-corrected chi connectivity index (χ3v) is 18.4. The first-order valence-electron chi connectivity index (χ1n) is 23.8. The average Bonchev–Trinajstić information content (AvgIpc) is 3.55. The quantitative estimate of drug-likeness (QED) is 0.0646. The van der Waals surface area contributed by atoms with Crippen LogP contribution in [0.25, 0.3) is 0 Å². The van der Waals surface area contributed by atoms with Gasteiger partial charge in [0, 0.05) is 11.3 Å². The number of carbonyl (C=O) groups excluding carboxylic acids is 1. The van der Waals surface area contributed by atoms with E-state index in [1.54, 1.807) is 6.92 Å². The molecule has 8 unspecified atom stereocenters. The van der Waals surface area contributed by atoms with Gasteiger partial charge in [-0.05, 0) is 81.0 Å². The maximum absolute atomic E-state index is 14.5. The first-order chi connectivity index (χ1) is 31.6. The van der Waals surface area contributed by atoms with E-state index in [1.165, 1.54) is 0 Å². The summed E-state index contributed by atoms with van der Waals surface area (Å²) < 4.78 is 43.0. The van der Waals surface area contributed by atoms with Crippen LogP contribution in [0, 0.1) is 39.4 Å². The van der Waals surface area contributed by atoms with Crippen LogP contribution < -0.4 is 0 Å². The van der Waals surface area contributed by atoms with Crippen LogP contribution in [0.1, 0.15) is 71.6 Å². The highest BCUT2D eigenvalue weighted by molar-refractivity contribution is 5.77. The molecular formula is C45H70O22. The normalized spacial score (nSPS) is 57.6. The number of aliphatic hydroxyl groups is 14. The molecule has 4 aliphatic heterocycles. The van der Waals surface area contributed by atoms with Gasteiger partial charge in [-0.3, -0.25) is 4.79 Å². The molecule has 4 saturated heterocycles. The fourth-order valence-electron chi connectivity index (χ4n) is 14.9. The van der Waals surface area contributed by atoms with E-state index in [9.17, 15) is 76.3 Å². The van der Waals surface area contributed by atoms with Gasteiger partial charge in [-0.1, -0.05) is 25.5 Å². The van der Waals surface area contributed by atoms with Crippen molar-refractivity contribution in [1.29, 1.82) is 0 Å². The van der Waals surface area contributed by atoms with E-state index in [4.69, 9.17) is 33.2 Å². The third kappa shape index (κ3) is 7.62. The predicted molar refractivity (Wildman–Crippen MR) is 220 cm³/mol. The number of rotatable bonds is 7. The van der Waals surface area contributed by atoms with Gasteiger partial charge in [-0.2, -0.15) is 0 Å². The fourth-order valence-corrected chi connectivity index (χ4v) is 14.9. The molecule has 22 heteroatoms. The summed E-state index contributed by atoms with van der Waals surface area (Å²) in [4.78, 5) is 14.5. The lowest BCUT2D eigenvalue weighted by Crippen LogP contribution is -2.70. The Morgan fingerprint density at radius 2 is 1.25 bits per heavy atom. The summed E-state index contributed by atoms with van der Waals surface area (Å²) in [6.45, 7) is 6.19. The Kier molecular flexibility index (Phi) is 13.7. The Labute approximate surface area is 386 Å². The Morgan fingerprint density at radius 1 is 0.657 bits per heavy atom. The van der Waals surface area contributed by atoms with E-state index in [0.717, 1.165) is 0 Å². The van der Waals surface area contributed by atoms with Crippen LogP contribution in [0.5, 0.6) is 0 Å². The molecule has 382 valence electrons. The molecule has 0 aromatic heterocycles. The molecule has 0 aromatic carbocycles. The average molecular weight is 963 g/mol. The van der Waals surface area contributed by atoms with Crippen LogP contribution in [0.15, 0.2) is 12.2 Å². The summed E-state index contributed by atoms with van der Waals surface area (Å²) in [6, 6.07) is 0. The van der Waals surface area contributed by atoms with Crippen LogP contribution in [-0.4, -0.2) is 226 Å². The first kappa shape index (κ1) is 50.4. The monoisotopic (exact) mass is 962 g/mol. The van der Waals surface area contributed by atoms with Gasteiger partial charge in [-0.15, -0.1) is 0 Å². The van der Waals surface area contributed by atoms with Crippen molar-refractivity contribution in [2.24, 2.45) is 39.4 Å². The van der Waals surface area contributed by atoms with Gasteiger partial charge in [0.25, 0.3) is 0 Å². The summed E-state index contributed by atoms with van der Waals surface area (Å²) in [7, 11) is 0. The highest BCUT2D eigenvalue weighted by Gasteiger charge is 2.74. The van der Waals surface area contributed by atoms with Gasteiger partial charge in [-0.25, -0.2) is 0 Å². The molecule has 14 N–H and O–H groups in total. The maximum Gasteiger partial charge on any atom is 0.314 e. The van der Waals surface area contributed by atoms with Crippen molar-refractivity contribution in [3.05, 3.63) is 12.2 Å².